The van der Waals surface area contributed by atoms with Crippen molar-refractivity contribution in [1.82, 2.24) is 0 Å². The molecule has 0 N–H and O–H groups in total. The van der Waals surface area contributed by atoms with Crippen LogP contribution in [-0.4, -0.2) is 0 Å². The molecule has 23 rings (SSSR count). The average Bonchev–Trinajstić information content (AvgIpc) is 1.60. The highest BCUT2D eigenvalue weighted by Crippen LogP contribution is 2.57. The van der Waals surface area contributed by atoms with E-state index in [9.17, 15) is 0 Å². The second kappa shape index (κ2) is 28.8. The highest BCUT2D eigenvalue weighted by atomic mass is 16.3. The van der Waals surface area contributed by atoms with Gasteiger partial charge in [-0.3, -0.25) is 0 Å². The standard InChI is InChI=1S/C60H45NO.C57H41NO/c1-59(2)53-34-42(38-13-7-5-8-14-38)21-28-47(53)49-30-26-45(36-55(49)59)61(44-24-19-40(20-25-44)41-23-32-58-52(33-41)51-17-11-12-18-57(51)62-58)46-27-31-50-48-29-22-43(39-15-9-6-10-16-39)35-54(48)60(3,4)56(50)37-46;1-57(2)53-36-45(39-13-7-4-8-14-39)25-32-49(53)50-33-31-48(37-54(50)57)58(46-27-21-42(22-28-46)41-19-17-40(18-20-41)38-11-5-3-6-12-38)47-29-23-43(24-30-47)44-26-34-56-52(35-44)51-15-9-10-16-55(51)59-56/h5-37H,1-4H3;3-37H,1-2H3. The van der Waals surface area contributed by atoms with Gasteiger partial charge in [0.25, 0.3) is 0 Å². The largest absolute Gasteiger partial charge is 0.456 e. The molecule has 0 saturated heterocycles. The fourth-order valence-electron chi connectivity index (χ4n) is 19.6. The van der Waals surface area contributed by atoms with Gasteiger partial charge in [-0.1, -0.05) is 327 Å². The predicted octanol–water partition coefficient (Wildman–Crippen LogP) is 32.7. The van der Waals surface area contributed by atoms with Gasteiger partial charge in [-0.2, -0.15) is 0 Å². The first-order chi connectivity index (χ1) is 59.2. The van der Waals surface area contributed by atoms with Crippen LogP contribution in [0.3, 0.4) is 0 Å². The van der Waals surface area contributed by atoms with Crippen LogP contribution < -0.4 is 9.80 Å². The smallest absolute Gasteiger partial charge is 0.135 e. The van der Waals surface area contributed by atoms with Crippen molar-refractivity contribution in [2.75, 3.05) is 9.80 Å². The molecule has 0 bridgehead atoms. The summed E-state index contributed by atoms with van der Waals surface area (Å²) >= 11 is 0. The number of hydrogen-bond acceptors (Lipinski definition) is 4. The number of rotatable bonds is 13. The zero-order chi connectivity index (χ0) is 81.2. The molecular formula is C117H86N2O2. The maximum atomic E-state index is 6.17. The first kappa shape index (κ1) is 72.6. The summed E-state index contributed by atoms with van der Waals surface area (Å²) in [6, 6.07) is 151. The molecule has 0 unspecified atom stereocenters. The predicted molar refractivity (Wildman–Crippen MR) is 508 cm³/mol. The Balaban J connectivity index is 0.000000145. The van der Waals surface area contributed by atoms with Crippen LogP contribution in [0.1, 0.15) is 74.9 Å². The van der Waals surface area contributed by atoms with E-state index in [2.05, 4.69) is 440 Å². The summed E-state index contributed by atoms with van der Waals surface area (Å²) in [5.41, 5.74) is 42.9. The molecule has 0 amide bonds. The van der Waals surface area contributed by atoms with E-state index < -0.39 is 0 Å². The topological polar surface area (TPSA) is 32.8 Å². The first-order valence-electron chi connectivity index (χ1n) is 42.1. The van der Waals surface area contributed by atoms with Crippen LogP contribution in [-0.2, 0) is 16.2 Å². The van der Waals surface area contributed by atoms with Crippen molar-refractivity contribution in [3.8, 4) is 111 Å². The molecule has 20 aromatic rings. The van der Waals surface area contributed by atoms with Gasteiger partial charge in [0, 0.05) is 71.9 Å². The Hall–Kier alpha value is -14.8. The Bertz CT molecular complexity index is 7270. The quantitative estimate of drug-likeness (QED) is 0.115. The van der Waals surface area contributed by atoms with Gasteiger partial charge in [-0.05, 0) is 272 Å². The van der Waals surface area contributed by atoms with Gasteiger partial charge in [0.1, 0.15) is 22.3 Å². The van der Waals surface area contributed by atoms with Crippen LogP contribution in [0.15, 0.2) is 421 Å². The molecule has 4 heteroatoms. The average molecular weight is 1550 g/mol. The fourth-order valence-corrected chi connectivity index (χ4v) is 19.6. The van der Waals surface area contributed by atoms with E-state index in [0.717, 1.165) is 89.1 Å². The van der Waals surface area contributed by atoms with Crippen molar-refractivity contribution in [2.24, 2.45) is 0 Å². The number of para-hydroxylation sites is 2. The summed E-state index contributed by atoms with van der Waals surface area (Å²) in [7, 11) is 0. The summed E-state index contributed by atoms with van der Waals surface area (Å²) in [6.45, 7) is 14.3. The van der Waals surface area contributed by atoms with Crippen LogP contribution in [0.5, 0.6) is 0 Å². The molecule has 0 spiro atoms. The van der Waals surface area contributed by atoms with E-state index in [0.29, 0.717) is 0 Å². The molecule has 3 aliphatic rings. The molecule has 0 aliphatic heterocycles. The van der Waals surface area contributed by atoms with Gasteiger partial charge < -0.3 is 18.6 Å². The Morgan fingerprint density at radius 2 is 0.355 bits per heavy atom. The molecule has 2 heterocycles. The van der Waals surface area contributed by atoms with Gasteiger partial charge in [0.2, 0.25) is 0 Å². The van der Waals surface area contributed by atoms with Gasteiger partial charge in [0.05, 0.1) is 0 Å². The normalized spacial score (nSPS) is 13.4. The van der Waals surface area contributed by atoms with Gasteiger partial charge in [-0.15, -0.1) is 0 Å². The third kappa shape index (κ3) is 12.5. The molecule has 2 aromatic heterocycles. The Morgan fingerprint density at radius 1 is 0.157 bits per heavy atom. The van der Waals surface area contributed by atoms with Gasteiger partial charge >= 0.3 is 0 Å². The third-order valence-electron chi connectivity index (χ3n) is 26.2. The molecule has 0 saturated carbocycles. The maximum absolute atomic E-state index is 6.17. The minimum atomic E-state index is -0.186. The van der Waals surface area contributed by atoms with E-state index in [-0.39, 0.29) is 16.2 Å². The van der Waals surface area contributed by atoms with E-state index in [4.69, 9.17) is 8.83 Å². The van der Waals surface area contributed by atoms with Crippen LogP contribution in [0.4, 0.5) is 34.1 Å². The molecule has 3 aliphatic carbocycles. The van der Waals surface area contributed by atoms with Crippen molar-refractivity contribution >= 4 is 78.0 Å². The summed E-state index contributed by atoms with van der Waals surface area (Å²) in [5.74, 6) is 0. The zero-order valence-electron chi connectivity index (χ0n) is 68.5. The third-order valence-corrected chi connectivity index (χ3v) is 26.2. The van der Waals surface area contributed by atoms with Crippen molar-refractivity contribution < 1.29 is 8.83 Å². The number of furan rings is 2. The number of hydrogen-bond donors (Lipinski definition) is 0. The lowest BCUT2D eigenvalue weighted by molar-refractivity contribution is 0.660. The molecule has 121 heavy (non-hydrogen) atoms. The molecule has 0 fully saturated rings. The summed E-state index contributed by atoms with van der Waals surface area (Å²) in [4.78, 5) is 4.85. The first-order valence-corrected chi connectivity index (χ1v) is 42.1. The molecular weight excluding hydrogens is 1470 g/mol. The highest BCUT2D eigenvalue weighted by Gasteiger charge is 2.40. The Labute approximate surface area is 706 Å². The number of anilines is 6. The lowest BCUT2D eigenvalue weighted by Gasteiger charge is -2.30. The molecule has 4 nitrogen and oxygen atoms in total. The van der Waals surface area contributed by atoms with E-state index >= 15 is 0 Å². The fraction of sp³-hybridized carbons (Fsp3) is 0.0769. The van der Waals surface area contributed by atoms with E-state index in [1.54, 1.807) is 0 Å². The molecule has 576 valence electrons. The van der Waals surface area contributed by atoms with Crippen LogP contribution in [0.2, 0.25) is 0 Å². The molecule has 0 radical (unpaired) electrons. The second-order valence-electron chi connectivity index (χ2n) is 34.3. The molecule has 18 aromatic carbocycles. The lowest BCUT2D eigenvalue weighted by atomic mass is 9.81. The van der Waals surface area contributed by atoms with Crippen LogP contribution in [0.25, 0.3) is 155 Å². The number of fused-ring (bicyclic) bond motifs is 15. The van der Waals surface area contributed by atoms with E-state index in [1.165, 1.54) is 134 Å². The molecule has 0 atom stereocenters. The van der Waals surface area contributed by atoms with Gasteiger partial charge in [0.15, 0.2) is 0 Å². The minimum Gasteiger partial charge on any atom is -0.456 e. The van der Waals surface area contributed by atoms with Crippen LogP contribution in [0, 0.1) is 0 Å². The van der Waals surface area contributed by atoms with Crippen molar-refractivity contribution in [3.63, 3.8) is 0 Å². The zero-order valence-corrected chi connectivity index (χ0v) is 68.5. The van der Waals surface area contributed by atoms with Gasteiger partial charge in [-0.25, -0.2) is 0 Å². The van der Waals surface area contributed by atoms with Crippen molar-refractivity contribution in [2.45, 2.75) is 57.8 Å². The van der Waals surface area contributed by atoms with Crippen molar-refractivity contribution in [3.05, 3.63) is 446 Å². The Morgan fingerprint density at radius 3 is 0.669 bits per heavy atom. The minimum absolute atomic E-state index is 0.174. The summed E-state index contributed by atoms with van der Waals surface area (Å²) in [5, 5.41) is 4.55. The number of nitrogens with zero attached hydrogens (tertiary/aromatic N) is 2. The van der Waals surface area contributed by atoms with Crippen molar-refractivity contribution in [1.29, 1.82) is 0 Å². The Kier molecular flexibility index (Phi) is 17.3. The summed E-state index contributed by atoms with van der Waals surface area (Å²) in [6.07, 6.45) is 0. The SMILES string of the molecule is CC1(C)c2cc(-c3ccccc3)ccc2-c2ccc(N(c3ccc(-c4ccc(-c5ccccc5)cc4)cc3)c3ccc(-c4ccc5oc6ccccc6c5c4)cc3)cc21.CC1(C)c2cc(-c3ccccc3)ccc2-c2ccc(N(c3ccc(-c4ccc5oc6ccccc6c5c4)cc3)c3ccc4c(c3)C(C)(C)c3cc(-c5ccccc5)ccc3-4)cc21. The van der Waals surface area contributed by atoms with Crippen LogP contribution >= 0.6 is 0 Å². The summed E-state index contributed by atoms with van der Waals surface area (Å²) < 4.78 is 12.3. The van der Waals surface area contributed by atoms with E-state index in [1.807, 2.05) is 24.3 Å². The monoisotopic (exact) mass is 1550 g/mol. The maximum Gasteiger partial charge on any atom is 0.135 e. The highest BCUT2D eigenvalue weighted by molar-refractivity contribution is 6.08. The number of benzene rings is 18. The second-order valence-corrected chi connectivity index (χ2v) is 34.3. The lowest BCUT2D eigenvalue weighted by Crippen LogP contribution is -2.18.